The maximum Gasteiger partial charge on any atom is 0.257 e. The fourth-order valence-corrected chi connectivity index (χ4v) is 6.05. The fourth-order valence-electron chi connectivity index (χ4n) is 5.23. The smallest absolute Gasteiger partial charge is 0.257 e. The number of anilines is 4. The van der Waals surface area contributed by atoms with E-state index in [0.29, 0.717) is 35.7 Å². The zero-order valence-electron chi connectivity index (χ0n) is 23.3. The van der Waals surface area contributed by atoms with Gasteiger partial charge in [-0.05, 0) is 75.6 Å². The Bertz CT molecular complexity index is 1370. The van der Waals surface area contributed by atoms with E-state index in [-0.39, 0.29) is 31.8 Å². The van der Waals surface area contributed by atoms with Gasteiger partial charge in [0.15, 0.2) is 0 Å². The summed E-state index contributed by atoms with van der Waals surface area (Å²) in [6.45, 7) is 7.42. The molecule has 0 radical (unpaired) electrons. The molecular weight excluding hydrogens is 538 g/mol. The number of amides is 1. The summed E-state index contributed by atoms with van der Waals surface area (Å²) in [5.41, 5.74) is 6.22. The Balaban J connectivity index is 1.60. The quantitative estimate of drug-likeness (QED) is 0.376. The molecular formula is C29H38F2N4O4S. The van der Waals surface area contributed by atoms with Gasteiger partial charge in [0.2, 0.25) is 10.0 Å². The zero-order chi connectivity index (χ0) is 29.1. The predicted octanol–water partition coefficient (Wildman–Crippen LogP) is 5.15. The molecule has 2 aromatic rings. The van der Waals surface area contributed by atoms with E-state index in [4.69, 9.17) is 5.11 Å². The van der Waals surface area contributed by atoms with Crippen LogP contribution in [0.15, 0.2) is 47.5 Å². The van der Waals surface area contributed by atoms with Crippen molar-refractivity contribution in [2.45, 2.75) is 52.4 Å². The van der Waals surface area contributed by atoms with Gasteiger partial charge < -0.3 is 20.2 Å². The number of nitrogens with one attached hydrogen (secondary N) is 2. The lowest BCUT2D eigenvalue weighted by molar-refractivity contribution is -0.0220. The average Bonchev–Trinajstić information content (AvgIpc) is 2.88. The minimum atomic E-state index is -3.74. The first-order valence-corrected chi connectivity index (χ1v) is 15.2. The number of benzene rings is 2. The standard InChI is InChI=1S/C29H38F2N4O4S/c1-20(2)22-6-10-35(11-7-22)27-19-23(33-40(38,39)15-14-36)4-5-26(27)28(37)32-24-16-21(3)17-25(18-24)34-12-8-29(30,31)9-13-34/h4-5,16-19,33,36H,6-15H2,1-3H3,(H,32,37). The van der Waals surface area contributed by atoms with Crippen molar-refractivity contribution in [1.29, 1.82) is 0 Å². The van der Waals surface area contributed by atoms with Gasteiger partial charge in [-0.15, -0.1) is 0 Å². The molecule has 0 saturated carbocycles. The van der Waals surface area contributed by atoms with Crippen LogP contribution in [0.2, 0.25) is 0 Å². The molecule has 0 aliphatic carbocycles. The van der Waals surface area contributed by atoms with Gasteiger partial charge in [0.05, 0.1) is 29.3 Å². The second-order valence-electron chi connectivity index (χ2n) is 10.8. The molecule has 2 saturated heterocycles. The number of halogens is 2. The number of piperidine rings is 2. The van der Waals surface area contributed by atoms with Gasteiger partial charge in [-0.3, -0.25) is 9.52 Å². The molecule has 2 aliphatic rings. The molecule has 0 atom stereocenters. The van der Waals surface area contributed by atoms with Crippen molar-refractivity contribution in [3.63, 3.8) is 0 Å². The monoisotopic (exact) mass is 576 g/mol. The third-order valence-electron chi connectivity index (χ3n) is 7.47. The van der Waals surface area contributed by atoms with E-state index in [1.807, 2.05) is 24.0 Å². The van der Waals surface area contributed by atoms with E-state index in [2.05, 4.69) is 28.8 Å². The maximum absolute atomic E-state index is 13.7. The van der Waals surface area contributed by atoms with E-state index in [9.17, 15) is 22.0 Å². The van der Waals surface area contributed by atoms with Crippen LogP contribution in [0.5, 0.6) is 0 Å². The van der Waals surface area contributed by atoms with Crippen molar-refractivity contribution in [1.82, 2.24) is 0 Å². The van der Waals surface area contributed by atoms with Crippen LogP contribution in [-0.4, -0.2) is 63.9 Å². The van der Waals surface area contributed by atoms with Crippen molar-refractivity contribution in [3.8, 4) is 0 Å². The highest BCUT2D eigenvalue weighted by molar-refractivity contribution is 7.92. The Morgan fingerprint density at radius 3 is 2.27 bits per heavy atom. The van der Waals surface area contributed by atoms with E-state index in [0.717, 1.165) is 24.1 Å². The summed E-state index contributed by atoms with van der Waals surface area (Å²) >= 11 is 0. The summed E-state index contributed by atoms with van der Waals surface area (Å²) in [5.74, 6) is -3.43. The number of allylic oxidation sites excluding steroid dienone is 1. The Morgan fingerprint density at radius 2 is 1.65 bits per heavy atom. The molecule has 0 bridgehead atoms. The van der Waals surface area contributed by atoms with Crippen molar-refractivity contribution in [2.24, 2.45) is 0 Å². The summed E-state index contributed by atoms with van der Waals surface area (Å²) in [5, 5.41) is 12.1. The molecule has 3 N–H and O–H groups in total. The number of alkyl halides is 2. The Morgan fingerprint density at radius 1 is 0.975 bits per heavy atom. The lowest BCUT2D eigenvalue weighted by Gasteiger charge is -2.34. The summed E-state index contributed by atoms with van der Waals surface area (Å²) in [6.07, 6.45) is 1.29. The van der Waals surface area contributed by atoms with Gasteiger partial charge >= 0.3 is 0 Å². The average molecular weight is 577 g/mol. The minimum absolute atomic E-state index is 0.204. The molecule has 2 fully saturated rings. The lowest BCUT2D eigenvalue weighted by atomic mass is 9.98. The number of aliphatic hydroxyl groups excluding tert-OH is 1. The maximum atomic E-state index is 13.7. The zero-order valence-corrected chi connectivity index (χ0v) is 24.1. The highest BCUT2D eigenvalue weighted by atomic mass is 32.2. The topological polar surface area (TPSA) is 102 Å². The highest BCUT2D eigenvalue weighted by Crippen LogP contribution is 2.34. The number of carbonyl (C=O) groups excluding carboxylic acids is 1. The SMILES string of the molecule is CC(C)=C1CCN(c2cc(NS(=O)(=O)CCO)ccc2C(=O)Nc2cc(C)cc(N3CCC(F)(F)CC3)c2)CC1. The number of carbonyl (C=O) groups is 1. The summed E-state index contributed by atoms with van der Waals surface area (Å²) in [7, 11) is -3.74. The first-order valence-electron chi connectivity index (χ1n) is 13.6. The summed E-state index contributed by atoms with van der Waals surface area (Å²) < 4.78 is 54.4. The van der Waals surface area contributed by atoms with Gasteiger partial charge in [-0.1, -0.05) is 11.1 Å². The molecule has 218 valence electrons. The molecule has 4 rings (SSSR count). The number of nitrogens with zero attached hydrogens (tertiary/aromatic N) is 2. The number of sulfonamides is 1. The second-order valence-corrected chi connectivity index (χ2v) is 12.7. The van der Waals surface area contributed by atoms with E-state index >= 15 is 0 Å². The molecule has 40 heavy (non-hydrogen) atoms. The highest BCUT2D eigenvalue weighted by Gasteiger charge is 2.34. The third kappa shape index (κ3) is 7.51. The molecule has 11 heteroatoms. The Kier molecular flexibility index (Phi) is 9.04. The Labute approximate surface area is 235 Å². The summed E-state index contributed by atoms with van der Waals surface area (Å²) in [6, 6.07) is 10.3. The lowest BCUT2D eigenvalue weighted by Crippen LogP contribution is -2.39. The van der Waals surface area contributed by atoms with Crippen molar-refractivity contribution >= 4 is 38.7 Å². The van der Waals surface area contributed by atoms with Crippen LogP contribution in [0.1, 0.15) is 55.5 Å². The second kappa shape index (κ2) is 12.1. The first-order chi connectivity index (χ1) is 18.9. The minimum Gasteiger partial charge on any atom is -0.395 e. The van der Waals surface area contributed by atoms with Gasteiger partial charge in [-0.2, -0.15) is 0 Å². The van der Waals surface area contributed by atoms with Crippen molar-refractivity contribution in [2.75, 3.05) is 58.4 Å². The van der Waals surface area contributed by atoms with Gasteiger partial charge in [-0.25, -0.2) is 17.2 Å². The van der Waals surface area contributed by atoms with Crippen molar-refractivity contribution in [3.05, 3.63) is 58.7 Å². The van der Waals surface area contributed by atoms with E-state index < -0.39 is 28.3 Å². The third-order valence-corrected chi connectivity index (χ3v) is 8.74. The van der Waals surface area contributed by atoms with Crippen LogP contribution in [0.3, 0.4) is 0 Å². The fraction of sp³-hybridized carbons (Fsp3) is 0.483. The molecule has 2 heterocycles. The molecule has 2 aliphatic heterocycles. The van der Waals surface area contributed by atoms with E-state index in [1.165, 1.54) is 17.2 Å². The number of hydrogen-bond donors (Lipinski definition) is 3. The molecule has 2 aromatic carbocycles. The summed E-state index contributed by atoms with van der Waals surface area (Å²) in [4.78, 5) is 17.6. The van der Waals surface area contributed by atoms with Gasteiger partial charge in [0.1, 0.15) is 0 Å². The van der Waals surface area contributed by atoms with Crippen LogP contribution in [0, 0.1) is 6.92 Å². The van der Waals surface area contributed by atoms with Crippen LogP contribution in [-0.2, 0) is 10.0 Å². The number of hydrogen-bond acceptors (Lipinski definition) is 6. The molecule has 0 spiro atoms. The number of aliphatic hydroxyl groups is 1. The van der Waals surface area contributed by atoms with E-state index in [1.54, 1.807) is 18.2 Å². The van der Waals surface area contributed by atoms with Gasteiger partial charge in [0.25, 0.3) is 11.8 Å². The molecule has 0 unspecified atom stereocenters. The number of aryl methyl sites for hydroxylation is 1. The molecule has 1 amide bonds. The van der Waals surface area contributed by atoms with Crippen LogP contribution >= 0.6 is 0 Å². The molecule has 0 aromatic heterocycles. The predicted molar refractivity (Wildman–Crippen MR) is 156 cm³/mol. The van der Waals surface area contributed by atoms with Crippen LogP contribution in [0.4, 0.5) is 31.5 Å². The first kappa shape index (κ1) is 29.8. The van der Waals surface area contributed by atoms with Crippen LogP contribution in [0.25, 0.3) is 0 Å². The number of rotatable bonds is 8. The Hall–Kier alpha value is -3.18. The van der Waals surface area contributed by atoms with Crippen molar-refractivity contribution < 1.29 is 27.1 Å². The molecule has 8 nitrogen and oxygen atoms in total. The van der Waals surface area contributed by atoms with Crippen LogP contribution < -0.4 is 19.8 Å². The normalized spacial score (nSPS) is 17.5. The van der Waals surface area contributed by atoms with Gasteiger partial charge in [0, 0.05) is 50.4 Å². The largest absolute Gasteiger partial charge is 0.395 e.